The molecule has 25 heavy (non-hydrogen) atoms. The molecule has 1 fully saturated rings. The Balaban J connectivity index is 1.74. The van der Waals surface area contributed by atoms with Crippen LogP contribution in [0.3, 0.4) is 0 Å². The van der Waals surface area contributed by atoms with Gasteiger partial charge in [-0.25, -0.2) is 0 Å². The average molecular weight is 335 g/mol. The highest BCUT2D eigenvalue weighted by Crippen LogP contribution is 2.30. The molecule has 2 aromatic rings. The van der Waals surface area contributed by atoms with Gasteiger partial charge in [0.15, 0.2) is 0 Å². The fourth-order valence-electron chi connectivity index (χ4n) is 3.68. The molecule has 0 radical (unpaired) electrons. The molecule has 0 unspecified atom stereocenters. The van der Waals surface area contributed by atoms with E-state index < -0.39 is 0 Å². The van der Waals surface area contributed by atoms with Crippen molar-refractivity contribution in [1.82, 2.24) is 5.32 Å². The summed E-state index contributed by atoms with van der Waals surface area (Å²) in [7, 11) is 0. The van der Waals surface area contributed by atoms with Gasteiger partial charge in [-0.1, -0.05) is 56.7 Å². The number of aryl methyl sites for hydroxylation is 1. The Morgan fingerprint density at radius 1 is 1.00 bits per heavy atom. The van der Waals surface area contributed by atoms with Crippen LogP contribution < -0.4 is 10.2 Å². The second kappa shape index (κ2) is 8.24. The molecule has 1 saturated carbocycles. The van der Waals surface area contributed by atoms with Gasteiger partial charge in [-0.2, -0.15) is 0 Å². The van der Waals surface area contributed by atoms with Crippen molar-refractivity contribution in [2.75, 3.05) is 11.4 Å². The maximum atomic E-state index is 4.35. The predicted molar refractivity (Wildman–Crippen MR) is 108 cm³/mol. The fourth-order valence-corrected chi connectivity index (χ4v) is 3.68. The Hall–Kier alpha value is -2.22. The first-order valence-electron chi connectivity index (χ1n) is 9.48. The van der Waals surface area contributed by atoms with E-state index in [1.165, 1.54) is 31.2 Å². The van der Waals surface area contributed by atoms with E-state index in [1.807, 2.05) is 0 Å². The molecule has 0 bridgehead atoms. The summed E-state index contributed by atoms with van der Waals surface area (Å²) in [5.41, 5.74) is 3.55. The van der Waals surface area contributed by atoms with Gasteiger partial charge in [-0.15, -0.1) is 0 Å². The summed E-state index contributed by atoms with van der Waals surface area (Å²) in [6.45, 7) is 9.87. The van der Waals surface area contributed by atoms with Gasteiger partial charge in [0, 0.05) is 17.9 Å². The zero-order valence-electron chi connectivity index (χ0n) is 15.5. The van der Waals surface area contributed by atoms with E-state index in [0.29, 0.717) is 0 Å². The van der Waals surface area contributed by atoms with Gasteiger partial charge < -0.3 is 5.32 Å². The Kier molecular flexibility index (Phi) is 5.80. The topological polar surface area (TPSA) is 15.3 Å². The normalized spacial score (nSPS) is 20.1. The smallest absolute Gasteiger partial charge is 0.103 e. The van der Waals surface area contributed by atoms with Crippen molar-refractivity contribution in [2.45, 2.75) is 39.5 Å². The van der Waals surface area contributed by atoms with Gasteiger partial charge in [0.2, 0.25) is 0 Å². The minimum atomic E-state index is 0.767. The van der Waals surface area contributed by atoms with E-state index in [0.717, 1.165) is 35.6 Å². The van der Waals surface area contributed by atoms with E-state index in [2.05, 4.69) is 85.2 Å². The molecular weight excluding hydrogens is 304 g/mol. The van der Waals surface area contributed by atoms with Crippen LogP contribution >= 0.6 is 0 Å². The highest BCUT2D eigenvalue weighted by Gasteiger charge is 2.19. The summed E-state index contributed by atoms with van der Waals surface area (Å²) in [6, 6.07) is 19.1. The summed E-state index contributed by atoms with van der Waals surface area (Å²) < 4.78 is 0. The second-order valence-corrected chi connectivity index (χ2v) is 7.46. The fraction of sp³-hybridized carbons (Fsp3) is 0.391. The standard InChI is InChI=1S/C23H30N2/c1-18-12-14-21(15-13-18)17-24-20(3)25(22-9-5-4-6-10-22)23-11-7-8-19(2)16-23/h4-11,16,18,21,24H,3,12-15,17H2,1-2H3. The molecule has 0 amide bonds. The van der Waals surface area contributed by atoms with Crippen molar-refractivity contribution in [3.8, 4) is 0 Å². The van der Waals surface area contributed by atoms with Crippen molar-refractivity contribution in [1.29, 1.82) is 0 Å². The largest absolute Gasteiger partial charge is 0.371 e. The van der Waals surface area contributed by atoms with Gasteiger partial charge in [0.25, 0.3) is 0 Å². The molecule has 0 aromatic heterocycles. The minimum absolute atomic E-state index is 0.767. The number of anilines is 2. The van der Waals surface area contributed by atoms with E-state index in [9.17, 15) is 0 Å². The molecule has 1 aliphatic carbocycles. The third kappa shape index (κ3) is 4.66. The quantitative estimate of drug-likeness (QED) is 0.695. The van der Waals surface area contributed by atoms with Gasteiger partial charge in [0.1, 0.15) is 5.82 Å². The Bertz CT molecular complexity index is 684. The summed E-state index contributed by atoms with van der Waals surface area (Å²) in [6.07, 6.45) is 5.38. The van der Waals surface area contributed by atoms with Crippen LogP contribution in [0.4, 0.5) is 11.4 Å². The van der Waals surface area contributed by atoms with Gasteiger partial charge in [-0.05, 0) is 61.4 Å². The summed E-state index contributed by atoms with van der Waals surface area (Å²) in [4.78, 5) is 2.22. The summed E-state index contributed by atoms with van der Waals surface area (Å²) in [5, 5.41) is 3.62. The number of hydrogen-bond donors (Lipinski definition) is 1. The highest BCUT2D eigenvalue weighted by atomic mass is 15.2. The number of hydrogen-bond acceptors (Lipinski definition) is 2. The van der Waals surface area contributed by atoms with Crippen molar-refractivity contribution in [2.24, 2.45) is 11.8 Å². The molecule has 1 N–H and O–H groups in total. The third-order valence-electron chi connectivity index (χ3n) is 5.27. The monoisotopic (exact) mass is 334 g/mol. The van der Waals surface area contributed by atoms with Crippen molar-refractivity contribution in [3.63, 3.8) is 0 Å². The van der Waals surface area contributed by atoms with Crippen LogP contribution in [0, 0.1) is 18.8 Å². The van der Waals surface area contributed by atoms with E-state index in [1.54, 1.807) is 0 Å². The van der Waals surface area contributed by atoms with Crippen LogP contribution in [0.25, 0.3) is 0 Å². The summed E-state index contributed by atoms with van der Waals surface area (Å²) >= 11 is 0. The lowest BCUT2D eigenvalue weighted by molar-refractivity contribution is 0.286. The number of nitrogens with one attached hydrogen (secondary N) is 1. The zero-order chi connectivity index (χ0) is 17.6. The van der Waals surface area contributed by atoms with Crippen LogP contribution in [0.2, 0.25) is 0 Å². The van der Waals surface area contributed by atoms with Gasteiger partial charge in [-0.3, -0.25) is 4.90 Å². The maximum absolute atomic E-state index is 4.35. The Labute approximate surface area is 152 Å². The highest BCUT2D eigenvalue weighted by molar-refractivity contribution is 5.68. The van der Waals surface area contributed by atoms with E-state index in [-0.39, 0.29) is 0 Å². The molecule has 2 nitrogen and oxygen atoms in total. The summed E-state index contributed by atoms with van der Waals surface area (Å²) in [5.74, 6) is 2.62. The van der Waals surface area contributed by atoms with Crippen molar-refractivity contribution in [3.05, 3.63) is 72.6 Å². The van der Waals surface area contributed by atoms with Crippen molar-refractivity contribution >= 4 is 11.4 Å². The SMILES string of the molecule is C=C(NCC1CCC(C)CC1)N(c1ccccc1)c1cccc(C)c1. The number of para-hydroxylation sites is 1. The Morgan fingerprint density at radius 2 is 1.68 bits per heavy atom. The average Bonchev–Trinajstić information content (AvgIpc) is 2.62. The first-order valence-corrected chi connectivity index (χ1v) is 9.48. The number of rotatable bonds is 6. The molecule has 0 heterocycles. The first-order chi connectivity index (χ1) is 12.1. The van der Waals surface area contributed by atoms with E-state index in [4.69, 9.17) is 0 Å². The molecule has 0 aliphatic heterocycles. The maximum Gasteiger partial charge on any atom is 0.103 e. The lowest BCUT2D eigenvalue weighted by Gasteiger charge is -2.31. The molecule has 0 spiro atoms. The van der Waals surface area contributed by atoms with Crippen LogP contribution in [-0.4, -0.2) is 6.54 Å². The van der Waals surface area contributed by atoms with Crippen LogP contribution in [0.1, 0.15) is 38.2 Å². The molecule has 1 aliphatic rings. The van der Waals surface area contributed by atoms with Crippen LogP contribution in [-0.2, 0) is 0 Å². The van der Waals surface area contributed by atoms with Crippen molar-refractivity contribution < 1.29 is 0 Å². The molecule has 132 valence electrons. The molecule has 2 aromatic carbocycles. The first kappa shape index (κ1) is 17.6. The van der Waals surface area contributed by atoms with E-state index >= 15 is 0 Å². The minimum Gasteiger partial charge on any atom is -0.371 e. The number of benzene rings is 2. The molecule has 0 saturated heterocycles. The molecular formula is C23H30N2. The Morgan fingerprint density at radius 3 is 2.36 bits per heavy atom. The zero-order valence-corrected chi connectivity index (χ0v) is 15.5. The second-order valence-electron chi connectivity index (χ2n) is 7.46. The lowest BCUT2D eigenvalue weighted by Crippen LogP contribution is -2.32. The van der Waals surface area contributed by atoms with Gasteiger partial charge >= 0.3 is 0 Å². The molecule has 0 atom stereocenters. The third-order valence-corrected chi connectivity index (χ3v) is 5.27. The number of nitrogens with zero attached hydrogens (tertiary/aromatic N) is 1. The molecule has 3 rings (SSSR count). The van der Waals surface area contributed by atoms with Gasteiger partial charge in [0.05, 0.1) is 0 Å². The molecule has 2 heteroatoms. The lowest BCUT2D eigenvalue weighted by atomic mass is 9.83. The van der Waals surface area contributed by atoms with Crippen LogP contribution in [0.5, 0.6) is 0 Å². The van der Waals surface area contributed by atoms with Crippen LogP contribution in [0.15, 0.2) is 67.0 Å². The predicted octanol–water partition coefficient (Wildman–Crippen LogP) is 6.02.